The van der Waals surface area contributed by atoms with Crippen LogP contribution in [0.2, 0.25) is 0 Å². The first kappa shape index (κ1) is 15.6. The fourth-order valence-corrected chi connectivity index (χ4v) is 2.62. The number of anilines is 1. The first-order chi connectivity index (χ1) is 9.82. The van der Waals surface area contributed by atoms with E-state index in [1.54, 1.807) is 4.90 Å². The molecule has 0 aromatic heterocycles. The highest BCUT2D eigenvalue weighted by molar-refractivity contribution is 5.65. The molecule has 1 N–H and O–H groups in total. The minimum atomic E-state index is -4.58. The Morgan fingerprint density at radius 2 is 2.19 bits per heavy atom. The van der Waals surface area contributed by atoms with Crippen molar-refractivity contribution in [1.82, 2.24) is 5.32 Å². The zero-order valence-corrected chi connectivity index (χ0v) is 11.5. The van der Waals surface area contributed by atoms with Gasteiger partial charge in [-0.25, -0.2) is 0 Å². The number of hydrogen-bond donors (Lipinski definition) is 1. The van der Waals surface area contributed by atoms with Gasteiger partial charge in [-0.05, 0) is 38.1 Å². The third-order valence-electron chi connectivity index (χ3n) is 3.62. The zero-order chi connectivity index (χ0) is 15.6. The van der Waals surface area contributed by atoms with Crippen LogP contribution in [0.1, 0.15) is 12.0 Å². The van der Waals surface area contributed by atoms with Gasteiger partial charge in [-0.15, -0.1) is 0 Å². The van der Waals surface area contributed by atoms with Gasteiger partial charge < -0.3 is 10.2 Å². The van der Waals surface area contributed by atoms with Gasteiger partial charge in [0.25, 0.3) is 5.69 Å². The number of alkyl halides is 3. The Morgan fingerprint density at radius 1 is 1.48 bits per heavy atom. The van der Waals surface area contributed by atoms with E-state index in [2.05, 4.69) is 5.32 Å². The zero-order valence-electron chi connectivity index (χ0n) is 11.5. The number of halogens is 3. The lowest BCUT2D eigenvalue weighted by Crippen LogP contribution is -2.25. The van der Waals surface area contributed by atoms with Gasteiger partial charge in [0, 0.05) is 19.2 Å². The average molecular weight is 303 g/mol. The molecule has 1 fully saturated rings. The molecule has 2 rings (SSSR count). The van der Waals surface area contributed by atoms with E-state index in [0.29, 0.717) is 25.1 Å². The van der Waals surface area contributed by atoms with Gasteiger partial charge in [0.15, 0.2) is 0 Å². The fourth-order valence-electron chi connectivity index (χ4n) is 2.62. The van der Waals surface area contributed by atoms with Crippen LogP contribution in [0.4, 0.5) is 24.5 Å². The van der Waals surface area contributed by atoms with Gasteiger partial charge in [0.1, 0.15) is 5.69 Å². The highest BCUT2D eigenvalue weighted by atomic mass is 19.4. The molecule has 1 atom stereocenters. The van der Waals surface area contributed by atoms with Crippen LogP contribution in [0.3, 0.4) is 0 Å². The first-order valence-corrected chi connectivity index (χ1v) is 6.58. The molecule has 21 heavy (non-hydrogen) atoms. The summed E-state index contributed by atoms with van der Waals surface area (Å²) in [6.45, 7) is 2.00. The van der Waals surface area contributed by atoms with Gasteiger partial charge in [-0.3, -0.25) is 10.1 Å². The molecular weight excluding hydrogens is 287 g/mol. The Balaban J connectivity index is 2.30. The number of nitro benzene ring substituents is 1. The average Bonchev–Trinajstić information content (AvgIpc) is 2.86. The molecule has 116 valence electrons. The van der Waals surface area contributed by atoms with Crippen molar-refractivity contribution in [3.05, 3.63) is 33.9 Å². The summed E-state index contributed by atoms with van der Waals surface area (Å²) in [6.07, 6.45) is -3.72. The highest BCUT2D eigenvalue weighted by Crippen LogP contribution is 2.37. The van der Waals surface area contributed by atoms with Crippen molar-refractivity contribution < 1.29 is 18.1 Å². The third-order valence-corrected chi connectivity index (χ3v) is 3.62. The van der Waals surface area contributed by atoms with Gasteiger partial charge in [0.05, 0.1) is 10.5 Å². The number of nitrogens with one attached hydrogen (secondary N) is 1. The summed E-state index contributed by atoms with van der Waals surface area (Å²) in [5.41, 5.74) is -1.23. The van der Waals surface area contributed by atoms with Crippen molar-refractivity contribution in [1.29, 1.82) is 0 Å². The van der Waals surface area contributed by atoms with Gasteiger partial charge in [-0.2, -0.15) is 13.2 Å². The van der Waals surface area contributed by atoms with E-state index in [-0.39, 0.29) is 5.69 Å². The molecule has 0 saturated carbocycles. The SMILES string of the molecule is CNCC1CCN(c2ccc(C(F)(F)F)cc2[N+](=O)[O-])C1. The monoisotopic (exact) mass is 303 g/mol. The van der Waals surface area contributed by atoms with Gasteiger partial charge >= 0.3 is 6.18 Å². The molecule has 0 spiro atoms. The molecule has 1 aromatic rings. The predicted octanol–water partition coefficient (Wildman–Crippen LogP) is 2.66. The van der Waals surface area contributed by atoms with E-state index in [1.807, 2.05) is 7.05 Å². The fraction of sp³-hybridized carbons (Fsp3) is 0.538. The number of nitrogens with zero attached hydrogens (tertiary/aromatic N) is 2. The second kappa shape index (κ2) is 5.88. The van der Waals surface area contributed by atoms with Crippen molar-refractivity contribution in [3.8, 4) is 0 Å². The summed E-state index contributed by atoms with van der Waals surface area (Å²) >= 11 is 0. The Labute approximate surface area is 119 Å². The summed E-state index contributed by atoms with van der Waals surface area (Å²) < 4.78 is 38.0. The van der Waals surface area contributed by atoms with E-state index < -0.39 is 22.4 Å². The normalized spacial score (nSPS) is 19.0. The molecule has 1 aliphatic rings. The lowest BCUT2D eigenvalue weighted by Gasteiger charge is -2.19. The van der Waals surface area contributed by atoms with Crippen molar-refractivity contribution in [2.24, 2.45) is 5.92 Å². The Morgan fingerprint density at radius 3 is 2.76 bits per heavy atom. The van der Waals surface area contributed by atoms with Crippen LogP contribution in [-0.4, -0.2) is 31.6 Å². The van der Waals surface area contributed by atoms with Crippen LogP contribution in [-0.2, 0) is 6.18 Å². The molecule has 1 unspecified atom stereocenters. The van der Waals surface area contributed by atoms with Crippen LogP contribution < -0.4 is 10.2 Å². The summed E-state index contributed by atoms with van der Waals surface area (Å²) in [7, 11) is 1.82. The maximum atomic E-state index is 12.7. The predicted molar refractivity (Wildman–Crippen MR) is 72.3 cm³/mol. The lowest BCUT2D eigenvalue weighted by atomic mass is 10.1. The van der Waals surface area contributed by atoms with E-state index in [0.717, 1.165) is 19.0 Å². The van der Waals surface area contributed by atoms with E-state index in [1.165, 1.54) is 6.07 Å². The number of nitro groups is 1. The summed E-state index contributed by atoms with van der Waals surface area (Å²) in [5, 5.41) is 14.1. The minimum absolute atomic E-state index is 0.256. The maximum Gasteiger partial charge on any atom is 0.416 e. The molecule has 8 heteroatoms. The van der Waals surface area contributed by atoms with Crippen LogP contribution in [0.25, 0.3) is 0 Å². The van der Waals surface area contributed by atoms with E-state index in [4.69, 9.17) is 0 Å². The second-order valence-electron chi connectivity index (χ2n) is 5.12. The molecule has 0 amide bonds. The maximum absolute atomic E-state index is 12.7. The quantitative estimate of drug-likeness (QED) is 0.686. The lowest BCUT2D eigenvalue weighted by molar-refractivity contribution is -0.384. The van der Waals surface area contributed by atoms with Gasteiger partial charge in [-0.1, -0.05) is 0 Å². The molecule has 1 heterocycles. The first-order valence-electron chi connectivity index (χ1n) is 6.58. The molecule has 0 radical (unpaired) electrons. The van der Waals surface area contributed by atoms with Crippen LogP contribution in [0, 0.1) is 16.0 Å². The molecule has 5 nitrogen and oxygen atoms in total. The molecule has 0 bridgehead atoms. The van der Waals surface area contributed by atoms with E-state index in [9.17, 15) is 23.3 Å². The molecule has 1 aliphatic heterocycles. The largest absolute Gasteiger partial charge is 0.416 e. The number of benzene rings is 1. The standard InChI is InChI=1S/C13H16F3N3O2/c1-17-7-9-4-5-18(8-9)11-3-2-10(13(14,15)16)6-12(11)19(20)21/h2-3,6,9,17H,4-5,7-8H2,1H3. The Kier molecular flexibility index (Phi) is 4.36. The molecule has 1 aromatic carbocycles. The molecule has 0 aliphatic carbocycles. The van der Waals surface area contributed by atoms with Gasteiger partial charge in [0.2, 0.25) is 0 Å². The minimum Gasteiger partial charge on any atom is -0.366 e. The molecule has 1 saturated heterocycles. The number of hydrogen-bond acceptors (Lipinski definition) is 4. The smallest absolute Gasteiger partial charge is 0.366 e. The van der Waals surface area contributed by atoms with Crippen LogP contribution >= 0.6 is 0 Å². The summed E-state index contributed by atoms with van der Waals surface area (Å²) in [5.74, 6) is 0.344. The van der Waals surface area contributed by atoms with Crippen molar-refractivity contribution >= 4 is 11.4 Å². The topological polar surface area (TPSA) is 58.4 Å². The Hall–Kier alpha value is -1.83. The summed E-state index contributed by atoms with van der Waals surface area (Å²) in [4.78, 5) is 12.1. The Bertz CT molecular complexity index is 534. The summed E-state index contributed by atoms with van der Waals surface area (Å²) in [6, 6.07) is 2.71. The molecular formula is C13H16F3N3O2. The highest BCUT2D eigenvalue weighted by Gasteiger charge is 2.34. The van der Waals surface area contributed by atoms with E-state index >= 15 is 0 Å². The van der Waals surface area contributed by atoms with Crippen molar-refractivity contribution in [3.63, 3.8) is 0 Å². The van der Waals surface area contributed by atoms with Crippen LogP contribution in [0.5, 0.6) is 0 Å². The van der Waals surface area contributed by atoms with Crippen molar-refractivity contribution in [2.75, 3.05) is 31.6 Å². The van der Waals surface area contributed by atoms with Crippen LogP contribution in [0.15, 0.2) is 18.2 Å². The second-order valence-corrected chi connectivity index (χ2v) is 5.12. The number of rotatable bonds is 4. The third kappa shape index (κ3) is 3.44. The van der Waals surface area contributed by atoms with Crippen molar-refractivity contribution in [2.45, 2.75) is 12.6 Å².